The minimum Gasteiger partial charge on any atom is -0.488 e. The molecule has 1 aliphatic heterocycles. The Hall–Kier alpha value is -2.01. The number of rotatable bonds is 4. The molecule has 0 saturated heterocycles. The molecule has 2 aromatic rings. The van der Waals surface area contributed by atoms with Crippen molar-refractivity contribution in [3.05, 3.63) is 58.1 Å². The van der Waals surface area contributed by atoms with Gasteiger partial charge in [0.15, 0.2) is 0 Å². The van der Waals surface area contributed by atoms with Crippen LogP contribution < -0.4 is 15.8 Å². The molecule has 0 aromatic heterocycles. The molecule has 4 nitrogen and oxygen atoms in total. The van der Waals surface area contributed by atoms with Gasteiger partial charge in [0.25, 0.3) is 0 Å². The number of nitrogens with one attached hydrogen (secondary N) is 1. The number of halogens is 1. The quantitative estimate of drug-likeness (QED) is 0.894. The molecule has 1 amide bonds. The number of primary amides is 1. The molecule has 3 rings (SSSR count). The topological polar surface area (TPSA) is 64.4 Å². The Labute approximate surface area is 131 Å². The van der Waals surface area contributed by atoms with Crippen LogP contribution in [-0.4, -0.2) is 18.6 Å². The molecule has 0 saturated carbocycles. The smallest absolute Gasteiger partial charge is 0.248 e. The molecule has 0 spiro atoms. The lowest BCUT2D eigenvalue weighted by atomic mass is 10.1. The summed E-state index contributed by atoms with van der Waals surface area (Å²) in [5.41, 5.74) is 7.89. The lowest BCUT2D eigenvalue weighted by molar-refractivity contribution is 0.100. The summed E-state index contributed by atoms with van der Waals surface area (Å²) in [5.74, 6) is 0.538. The Morgan fingerprint density at radius 1 is 1.29 bits per heavy atom. The fraction of sp³-hybridized carbons (Fsp3) is 0.188. The van der Waals surface area contributed by atoms with Crippen molar-refractivity contribution in [1.82, 2.24) is 0 Å². The van der Waals surface area contributed by atoms with Crippen molar-refractivity contribution in [1.29, 1.82) is 0 Å². The SMILES string of the molecule is NC(=O)c1ccc(NCC2Cc3cc(Br)ccc3O2)cc1. The zero-order valence-electron chi connectivity index (χ0n) is 11.3. The largest absolute Gasteiger partial charge is 0.488 e. The monoisotopic (exact) mass is 346 g/mol. The van der Waals surface area contributed by atoms with E-state index in [1.165, 1.54) is 5.56 Å². The van der Waals surface area contributed by atoms with Gasteiger partial charge in [-0.05, 0) is 48.0 Å². The van der Waals surface area contributed by atoms with Gasteiger partial charge in [0, 0.05) is 22.1 Å². The third-order valence-corrected chi connectivity index (χ3v) is 3.96. The summed E-state index contributed by atoms with van der Waals surface area (Å²) in [4.78, 5) is 11.0. The second-order valence-corrected chi connectivity index (χ2v) is 5.93. The predicted molar refractivity (Wildman–Crippen MR) is 85.7 cm³/mol. The maximum absolute atomic E-state index is 11.0. The Kier molecular flexibility index (Phi) is 3.84. The van der Waals surface area contributed by atoms with Crippen LogP contribution in [0.2, 0.25) is 0 Å². The fourth-order valence-corrected chi connectivity index (χ4v) is 2.80. The number of carbonyl (C=O) groups is 1. The van der Waals surface area contributed by atoms with Crippen molar-refractivity contribution in [3.63, 3.8) is 0 Å². The highest BCUT2D eigenvalue weighted by Gasteiger charge is 2.22. The van der Waals surface area contributed by atoms with Crippen molar-refractivity contribution < 1.29 is 9.53 Å². The number of hydrogen-bond acceptors (Lipinski definition) is 3. The van der Waals surface area contributed by atoms with E-state index >= 15 is 0 Å². The van der Waals surface area contributed by atoms with Gasteiger partial charge in [-0.15, -0.1) is 0 Å². The van der Waals surface area contributed by atoms with Gasteiger partial charge in [-0.25, -0.2) is 0 Å². The molecule has 0 fully saturated rings. The first kappa shape index (κ1) is 13.9. The zero-order chi connectivity index (χ0) is 14.8. The van der Waals surface area contributed by atoms with E-state index in [9.17, 15) is 4.79 Å². The van der Waals surface area contributed by atoms with E-state index in [4.69, 9.17) is 10.5 Å². The lowest BCUT2D eigenvalue weighted by Crippen LogP contribution is -2.24. The average Bonchev–Trinajstić information content (AvgIpc) is 2.87. The molecule has 21 heavy (non-hydrogen) atoms. The van der Waals surface area contributed by atoms with Crippen LogP contribution in [0.25, 0.3) is 0 Å². The summed E-state index contributed by atoms with van der Waals surface area (Å²) in [6.45, 7) is 0.711. The van der Waals surface area contributed by atoms with Gasteiger partial charge < -0.3 is 15.8 Å². The van der Waals surface area contributed by atoms with Gasteiger partial charge in [-0.3, -0.25) is 4.79 Å². The Morgan fingerprint density at radius 2 is 2.05 bits per heavy atom. The number of ether oxygens (including phenoxy) is 1. The zero-order valence-corrected chi connectivity index (χ0v) is 12.9. The molecule has 1 unspecified atom stereocenters. The third-order valence-electron chi connectivity index (χ3n) is 3.47. The minimum absolute atomic E-state index is 0.116. The number of hydrogen-bond donors (Lipinski definition) is 2. The van der Waals surface area contributed by atoms with Crippen LogP contribution in [0.3, 0.4) is 0 Å². The Bertz CT molecular complexity index is 670. The summed E-state index contributed by atoms with van der Waals surface area (Å²) < 4.78 is 6.96. The van der Waals surface area contributed by atoms with Crippen LogP contribution >= 0.6 is 15.9 Å². The van der Waals surface area contributed by atoms with Crippen LogP contribution in [0.15, 0.2) is 46.9 Å². The van der Waals surface area contributed by atoms with E-state index in [0.717, 1.165) is 22.3 Å². The van der Waals surface area contributed by atoms with Crippen molar-refractivity contribution in [2.75, 3.05) is 11.9 Å². The molecule has 2 aromatic carbocycles. The van der Waals surface area contributed by atoms with Crippen LogP contribution in [0.5, 0.6) is 5.75 Å². The first-order chi connectivity index (χ1) is 10.1. The summed E-state index contributed by atoms with van der Waals surface area (Å²) in [6, 6.07) is 13.2. The number of amides is 1. The third kappa shape index (κ3) is 3.19. The first-order valence-electron chi connectivity index (χ1n) is 6.70. The summed E-state index contributed by atoms with van der Waals surface area (Å²) in [7, 11) is 0. The Morgan fingerprint density at radius 3 is 2.76 bits per heavy atom. The van der Waals surface area contributed by atoms with Crippen molar-refractivity contribution >= 4 is 27.5 Å². The molecule has 1 heterocycles. The van der Waals surface area contributed by atoms with Crippen LogP contribution in [0.4, 0.5) is 5.69 Å². The number of benzene rings is 2. The van der Waals surface area contributed by atoms with Crippen LogP contribution in [0, 0.1) is 0 Å². The van der Waals surface area contributed by atoms with Crippen molar-refractivity contribution in [2.45, 2.75) is 12.5 Å². The number of fused-ring (bicyclic) bond motifs is 1. The number of carbonyl (C=O) groups excluding carboxylic acids is 1. The molecule has 1 aliphatic rings. The summed E-state index contributed by atoms with van der Waals surface area (Å²) in [6.07, 6.45) is 1.01. The summed E-state index contributed by atoms with van der Waals surface area (Å²) in [5, 5.41) is 3.31. The van der Waals surface area contributed by atoms with Gasteiger partial charge >= 0.3 is 0 Å². The van der Waals surface area contributed by atoms with E-state index < -0.39 is 5.91 Å². The molecule has 1 atom stereocenters. The molecule has 0 aliphatic carbocycles. The van der Waals surface area contributed by atoms with Gasteiger partial charge in [0.1, 0.15) is 11.9 Å². The number of anilines is 1. The fourth-order valence-electron chi connectivity index (χ4n) is 2.39. The van der Waals surface area contributed by atoms with Crippen molar-refractivity contribution in [2.24, 2.45) is 5.73 Å². The van der Waals surface area contributed by atoms with E-state index in [0.29, 0.717) is 12.1 Å². The maximum atomic E-state index is 11.0. The van der Waals surface area contributed by atoms with E-state index in [1.54, 1.807) is 12.1 Å². The second-order valence-electron chi connectivity index (χ2n) is 5.02. The summed E-state index contributed by atoms with van der Waals surface area (Å²) >= 11 is 3.47. The highest BCUT2D eigenvalue weighted by atomic mass is 79.9. The van der Waals surface area contributed by atoms with Gasteiger partial charge in [0.05, 0.1) is 6.54 Å². The molecule has 108 valence electrons. The molecule has 0 radical (unpaired) electrons. The Balaban J connectivity index is 1.58. The van der Waals surface area contributed by atoms with Gasteiger partial charge in [-0.1, -0.05) is 15.9 Å². The molecule has 3 N–H and O–H groups in total. The minimum atomic E-state index is -0.415. The molecule has 5 heteroatoms. The predicted octanol–water partition coefficient (Wildman–Crippen LogP) is 2.96. The average molecular weight is 347 g/mol. The molecule has 0 bridgehead atoms. The second kappa shape index (κ2) is 5.77. The normalized spacial score (nSPS) is 16.1. The standard InChI is InChI=1S/C16H15BrN2O2/c17-12-3-6-15-11(7-12)8-14(21-15)9-19-13-4-1-10(2-5-13)16(18)20/h1-7,14,19H,8-9H2,(H2,18,20). The van der Waals surface area contributed by atoms with E-state index in [-0.39, 0.29) is 6.10 Å². The van der Waals surface area contributed by atoms with E-state index in [1.807, 2.05) is 24.3 Å². The molecular formula is C16H15BrN2O2. The van der Waals surface area contributed by atoms with E-state index in [2.05, 4.69) is 27.3 Å². The molecular weight excluding hydrogens is 332 g/mol. The highest BCUT2D eigenvalue weighted by Crippen LogP contribution is 2.31. The van der Waals surface area contributed by atoms with Crippen molar-refractivity contribution in [3.8, 4) is 5.75 Å². The highest BCUT2D eigenvalue weighted by molar-refractivity contribution is 9.10. The first-order valence-corrected chi connectivity index (χ1v) is 7.50. The maximum Gasteiger partial charge on any atom is 0.248 e. The van der Waals surface area contributed by atoms with Crippen LogP contribution in [-0.2, 0) is 6.42 Å². The van der Waals surface area contributed by atoms with Gasteiger partial charge in [-0.2, -0.15) is 0 Å². The lowest BCUT2D eigenvalue weighted by Gasteiger charge is -2.13. The number of nitrogens with two attached hydrogens (primary N) is 1. The van der Waals surface area contributed by atoms with Gasteiger partial charge in [0.2, 0.25) is 5.91 Å². The van der Waals surface area contributed by atoms with Crippen LogP contribution in [0.1, 0.15) is 15.9 Å².